The van der Waals surface area contributed by atoms with E-state index in [2.05, 4.69) is 0 Å². The van der Waals surface area contributed by atoms with Gasteiger partial charge >= 0.3 is 0 Å². The highest BCUT2D eigenvalue weighted by atomic mass is 16.7. The van der Waals surface area contributed by atoms with Gasteiger partial charge in [-0.1, -0.05) is 12.1 Å². The van der Waals surface area contributed by atoms with E-state index in [4.69, 9.17) is 18.9 Å². The zero-order valence-corrected chi connectivity index (χ0v) is 17.1. The molecule has 2 aliphatic rings. The van der Waals surface area contributed by atoms with Gasteiger partial charge in [-0.15, -0.1) is 0 Å². The molecule has 12 heteroatoms. The maximum atomic E-state index is 10.2. The average Bonchev–Trinajstić information content (AvgIpc) is 2.79. The van der Waals surface area contributed by atoms with E-state index in [0.717, 1.165) is 5.56 Å². The SMILES string of the molecule is OCC1OC(OCC2OC(OCCc3ccc(O)cc3)C(O)C(O)C2O)C(O)C(O)C1O. The van der Waals surface area contributed by atoms with Crippen LogP contribution in [0.25, 0.3) is 0 Å². The molecule has 0 saturated carbocycles. The summed E-state index contributed by atoms with van der Waals surface area (Å²) in [5, 5.41) is 78.7. The third kappa shape index (κ3) is 5.73. The zero-order chi connectivity index (χ0) is 23.4. The molecular weight excluding hydrogens is 432 g/mol. The molecule has 0 aliphatic carbocycles. The standard InChI is InChI=1S/C20H30O12/c21-7-11-13(23)15(25)18(28)20(31-11)30-8-12-14(24)16(26)17(27)19(32-12)29-6-5-9-1-3-10(22)4-2-9/h1-4,11-28H,5-8H2. The summed E-state index contributed by atoms with van der Waals surface area (Å²) < 4.78 is 21.6. The van der Waals surface area contributed by atoms with Gasteiger partial charge in [-0.3, -0.25) is 0 Å². The Kier molecular flexibility index (Phi) is 8.77. The number of rotatable bonds is 8. The van der Waals surface area contributed by atoms with Gasteiger partial charge < -0.3 is 59.8 Å². The van der Waals surface area contributed by atoms with Crippen LogP contribution >= 0.6 is 0 Å². The minimum atomic E-state index is -1.64. The van der Waals surface area contributed by atoms with Crippen LogP contribution in [0, 0.1) is 0 Å². The molecule has 2 heterocycles. The molecule has 2 fully saturated rings. The van der Waals surface area contributed by atoms with Crippen LogP contribution in [0.4, 0.5) is 0 Å². The van der Waals surface area contributed by atoms with E-state index in [9.17, 15) is 40.9 Å². The largest absolute Gasteiger partial charge is 0.508 e. The van der Waals surface area contributed by atoms with Crippen LogP contribution in [0.5, 0.6) is 5.75 Å². The molecule has 3 rings (SSSR count). The molecule has 1 aromatic rings. The maximum Gasteiger partial charge on any atom is 0.186 e. The maximum absolute atomic E-state index is 10.2. The fraction of sp³-hybridized carbons (Fsp3) is 0.700. The lowest BCUT2D eigenvalue weighted by Gasteiger charge is -2.42. The number of aromatic hydroxyl groups is 1. The molecule has 0 radical (unpaired) electrons. The molecule has 2 saturated heterocycles. The van der Waals surface area contributed by atoms with Crippen LogP contribution < -0.4 is 0 Å². The van der Waals surface area contributed by atoms with Gasteiger partial charge in [0.2, 0.25) is 0 Å². The number of phenolic OH excluding ortho intramolecular Hbond substituents is 1. The quantitative estimate of drug-likeness (QED) is 0.191. The predicted molar refractivity (Wildman–Crippen MR) is 104 cm³/mol. The Morgan fingerprint density at radius 1 is 0.688 bits per heavy atom. The molecule has 2 aliphatic heterocycles. The van der Waals surface area contributed by atoms with Gasteiger partial charge in [-0.25, -0.2) is 0 Å². The fourth-order valence-electron chi connectivity index (χ4n) is 3.54. The van der Waals surface area contributed by atoms with Crippen LogP contribution in [0.2, 0.25) is 0 Å². The first-order valence-electron chi connectivity index (χ1n) is 10.2. The van der Waals surface area contributed by atoms with Crippen molar-refractivity contribution in [1.29, 1.82) is 0 Å². The Morgan fingerprint density at radius 2 is 1.22 bits per heavy atom. The van der Waals surface area contributed by atoms with E-state index in [1.807, 2.05) is 0 Å². The molecule has 0 spiro atoms. The lowest BCUT2D eigenvalue weighted by atomic mass is 9.98. The fourth-order valence-corrected chi connectivity index (χ4v) is 3.54. The van der Waals surface area contributed by atoms with Gasteiger partial charge in [0, 0.05) is 0 Å². The first-order valence-corrected chi connectivity index (χ1v) is 10.2. The summed E-state index contributed by atoms with van der Waals surface area (Å²) in [6, 6.07) is 6.45. The van der Waals surface area contributed by atoms with E-state index >= 15 is 0 Å². The lowest BCUT2D eigenvalue weighted by Crippen LogP contribution is -2.61. The van der Waals surface area contributed by atoms with Gasteiger partial charge in [-0.05, 0) is 24.1 Å². The van der Waals surface area contributed by atoms with Crippen molar-refractivity contribution in [3.8, 4) is 5.75 Å². The molecule has 0 amide bonds. The number of phenols is 1. The number of benzene rings is 1. The van der Waals surface area contributed by atoms with Crippen LogP contribution in [0.15, 0.2) is 24.3 Å². The summed E-state index contributed by atoms with van der Waals surface area (Å²) >= 11 is 0. The molecule has 1 aromatic carbocycles. The van der Waals surface area contributed by atoms with Gasteiger partial charge in [0.25, 0.3) is 0 Å². The van der Waals surface area contributed by atoms with E-state index in [0.29, 0.717) is 6.42 Å². The first kappa shape index (κ1) is 25.2. The summed E-state index contributed by atoms with van der Waals surface area (Å²) in [4.78, 5) is 0. The van der Waals surface area contributed by atoms with Crippen LogP contribution in [-0.4, -0.2) is 122 Å². The van der Waals surface area contributed by atoms with Gasteiger partial charge in [-0.2, -0.15) is 0 Å². The number of hydrogen-bond donors (Lipinski definition) is 8. The Hall–Kier alpha value is -1.42. The summed E-state index contributed by atoms with van der Waals surface area (Å²) in [5.74, 6) is 0.125. The summed E-state index contributed by atoms with van der Waals surface area (Å²) in [5.41, 5.74) is 0.858. The highest BCUT2D eigenvalue weighted by molar-refractivity contribution is 5.25. The van der Waals surface area contributed by atoms with E-state index in [-0.39, 0.29) is 12.4 Å². The van der Waals surface area contributed by atoms with E-state index in [1.165, 1.54) is 12.1 Å². The van der Waals surface area contributed by atoms with E-state index < -0.39 is 74.6 Å². The van der Waals surface area contributed by atoms with E-state index in [1.54, 1.807) is 12.1 Å². The monoisotopic (exact) mass is 462 g/mol. The highest BCUT2D eigenvalue weighted by Crippen LogP contribution is 2.26. The third-order valence-electron chi connectivity index (χ3n) is 5.55. The number of aliphatic hydroxyl groups is 7. The highest BCUT2D eigenvalue weighted by Gasteiger charge is 2.47. The Morgan fingerprint density at radius 3 is 1.81 bits per heavy atom. The van der Waals surface area contributed by atoms with Crippen LogP contribution in [0.3, 0.4) is 0 Å². The Bertz CT molecular complexity index is 700. The summed E-state index contributed by atoms with van der Waals surface area (Å²) in [6.07, 6.45) is -14.2. The molecular formula is C20H30O12. The molecule has 32 heavy (non-hydrogen) atoms. The second-order valence-corrected chi connectivity index (χ2v) is 7.83. The smallest absolute Gasteiger partial charge is 0.186 e. The van der Waals surface area contributed by atoms with Crippen molar-refractivity contribution in [2.24, 2.45) is 0 Å². The van der Waals surface area contributed by atoms with Gasteiger partial charge in [0.1, 0.15) is 54.6 Å². The normalized spacial score (nSPS) is 40.3. The van der Waals surface area contributed by atoms with Crippen molar-refractivity contribution in [3.05, 3.63) is 29.8 Å². The Labute approximate surface area is 183 Å². The molecule has 10 unspecified atom stereocenters. The average molecular weight is 462 g/mol. The molecule has 8 N–H and O–H groups in total. The molecule has 0 aromatic heterocycles. The predicted octanol–water partition coefficient (Wildman–Crippen LogP) is -3.42. The summed E-state index contributed by atoms with van der Waals surface area (Å²) in [6.45, 7) is -0.948. The van der Waals surface area contributed by atoms with Gasteiger partial charge in [0.05, 0.1) is 19.8 Å². The lowest BCUT2D eigenvalue weighted by molar-refractivity contribution is -0.331. The number of ether oxygens (including phenoxy) is 4. The number of hydrogen-bond acceptors (Lipinski definition) is 12. The minimum absolute atomic E-state index is 0.107. The van der Waals surface area contributed by atoms with Crippen molar-refractivity contribution < 1.29 is 59.8 Å². The number of aliphatic hydroxyl groups excluding tert-OH is 7. The van der Waals surface area contributed by atoms with Crippen molar-refractivity contribution >= 4 is 0 Å². The first-order chi connectivity index (χ1) is 15.2. The second-order valence-electron chi connectivity index (χ2n) is 7.83. The Balaban J connectivity index is 1.54. The second kappa shape index (κ2) is 11.1. The topological polar surface area (TPSA) is 199 Å². The molecule has 10 atom stereocenters. The van der Waals surface area contributed by atoms with Gasteiger partial charge in [0.15, 0.2) is 12.6 Å². The van der Waals surface area contributed by atoms with Crippen molar-refractivity contribution in [1.82, 2.24) is 0 Å². The molecule has 182 valence electrons. The molecule has 12 nitrogen and oxygen atoms in total. The van der Waals surface area contributed by atoms with Crippen molar-refractivity contribution in [3.63, 3.8) is 0 Å². The third-order valence-corrected chi connectivity index (χ3v) is 5.55. The molecule has 0 bridgehead atoms. The van der Waals surface area contributed by atoms with Crippen LogP contribution in [0.1, 0.15) is 5.56 Å². The van der Waals surface area contributed by atoms with Crippen LogP contribution in [-0.2, 0) is 25.4 Å². The van der Waals surface area contributed by atoms with Crippen molar-refractivity contribution in [2.75, 3.05) is 19.8 Å². The summed E-state index contributed by atoms with van der Waals surface area (Å²) in [7, 11) is 0. The minimum Gasteiger partial charge on any atom is -0.508 e. The zero-order valence-electron chi connectivity index (χ0n) is 17.1. The van der Waals surface area contributed by atoms with Crippen molar-refractivity contribution in [2.45, 2.75) is 67.8 Å².